The average molecular weight is 310 g/mol. The summed E-state index contributed by atoms with van der Waals surface area (Å²) in [5.41, 5.74) is 2.15. The number of benzene rings is 2. The molecule has 23 heavy (non-hydrogen) atoms. The number of nitrogens with zero attached hydrogens (tertiary/aromatic N) is 1. The normalized spacial score (nSPS) is 14.7. The molecule has 3 rings (SSSR count). The van der Waals surface area contributed by atoms with Gasteiger partial charge in [-0.3, -0.25) is 9.69 Å². The third kappa shape index (κ3) is 4.27. The van der Waals surface area contributed by atoms with Gasteiger partial charge in [-0.25, -0.2) is 4.39 Å². The van der Waals surface area contributed by atoms with Gasteiger partial charge in [-0.2, -0.15) is 0 Å². The first-order chi connectivity index (χ1) is 11.2. The molecule has 3 nitrogen and oxygen atoms in total. The molecule has 0 aliphatic carbocycles. The predicted octanol–water partition coefficient (Wildman–Crippen LogP) is 3.84. The second-order valence-corrected chi connectivity index (χ2v) is 5.66. The Kier molecular flexibility index (Phi) is 4.83. The van der Waals surface area contributed by atoms with Gasteiger partial charge in [0.1, 0.15) is 5.82 Å². The van der Waals surface area contributed by atoms with E-state index in [1.165, 1.54) is 12.1 Å². The van der Waals surface area contributed by atoms with Crippen molar-refractivity contribution in [2.75, 3.05) is 18.4 Å². The Hall–Kier alpha value is -2.46. The standard InChI is InChI=1S/C19H19FN2O/c20-17-8-5-9-18(13-17)21-19(23)16-7-4-6-15(12-16)14-22-10-2-1-3-11-22/h1-2,4-9,12-13H,3,10-11,14H2,(H,21,23). The van der Waals surface area contributed by atoms with Crippen LogP contribution in [0.15, 0.2) is 60.7 Å². The quantitative estimate of drug-likeness (QED) is 0.870. The van der Waals surface area contributed by atoms with Gasteiger partial charge in [-0.05, 0) is 42.3 Å². The number of hydrogen-bond donors (Lipinski definition) is 1. The van der Waals surface area contributed by atoms with Crippen molar-refractivity contribution in [3.8, 4) is 0 Å². The molecule has 1 aliphatic heterocycles. The van der Waals surface area contributed by atoms with E-state index in [-0.39, 0.29) is 11.7 Å². The molecule has 4 heteroatoms. The van der Waals surface area contributed by atoms with Crippen LogP contribution in [0.4, 0.5) is 10.1 Å². The zero-order chi connectivity index (χ0) is 16.1. The van der Waals surface area contributed by atoms with Crippen LogP contribution < -0.4 is 5.32 Å². The van der Waals surface area contributed by atoms with Gasteiger partial charge in [0.05, 0.1) is 0 Å². The minimum Gasteiger partial charge on any atom is -0.322 e. The molecule has 2 aromatic rings. The Morgan fingerprint density at radius 1 is 1.13 bits per heavy atom. The molecule has 1 heterocycles. The van der Waals surface area contributed by atoms with Gasteiger partial charge < -0.3 is 5.32 Å². The monoisotopic (exact) mass is 310 g/mol. The van der Waals surface area contributed by atoms with E-state index in [4.69, 9.17) is 0 Å². The van der Waals surface area contributed by atoms with Crippen LogP contribution in [0.2, 0.25) is 0 Å². The fourth-order valence-corrected chi connectivity index (χ4v) is 2.67. The van der Waals surface area contributed by atoms with Crippen molar-refractivity contribution in [3.63, 3.8) is 0 Å². The predicted molar refractivity (Wildman–Crippen MR) is 89.8 cm³/mol. The summed E-state index contributed by atoms with van der Waals surface area (Å²) in [6, 6.07) is 13.5. The second kappa shape index (κ2) is 7.20. The highest BCUT2D eigenvalue weighted by molar-refractivity contribution is 6.04. The van der Waals surface area contributed by atoms with Crippen molar-refractivity contribution in [2.45, 2.75) is 13.0 Å². The van der Waals surface area contributed by atoms with Crippen LogP contribution in [0, 0.1) is 5.82 Å². The summed E-state index contributed by atoms with van der Waals surface area (Å²) in [5.74, 6) is -0.592. The number of amides is 1. The maximum Gasteiger partial charge on any atom is 0.255 e. The molecule has 0 aromatic heterocycles. The molecule has 2 aromatic carbocycles. The Morgan fingerprint density at radius 2 is 2.00 bits per heavy atom. The lowest BCUT2D eigenvalue weighted by molar-refractivity contribution is 0.102. The van der Waals surface area contributed by atoms with Gasteiger partial charge in [0.15, 0.2) is 0 Å². The third-order valence-corrected chi connectivity index (χ3v) is 3.82. The van der Waals surface area contributed by atoms with Crippen LogP contribution in [-0.2, 0) is 6.54 Å². The minimum atomic E-state index is -0.366. The lowest BCUT2D eigenvalue weighted by atomic mass is 10.1. The zero-order valence-electron chi connectivity index (χ0n) is 12.8. The van der Waals surface area contributed by atoms with Crippen molar-refractivity contribution >= 4 is 11.6 Å². The summed E-state index contributed by atoms with van der Waals surface area (Å²) in [6.45, 7) is 2.81. The Bertz CT molecular complexity index is 727. The molecule has 1 aliphatic rings. The molecule has 0 radical (unpaired) electrons. The summed E-state index contributed by atoms with van der Waals surface area (Å²) < 4.78 is 13.2. The number of carbonyl (C=O) groups is 1. The molecule has 0 saturated carbocycles. The maximum absolute atomic E-state index is 13.2. The van der Waals surface area contributed by atoms with Crippen LogP contribution in [0.25, 0.3) is 0 Å². The summed E-state index contributed by atoms with van der Waals surface area (Å²) in [4.78, 5) is 14.6. The van der Waals surface area contributed by atoms with E-state index in [1.807, 2.05) is 18.2 Å². The summed E-state index contributed by atoms with van der Waals surface area (Å²) in [6.07, 6.45) is 5.43. The number of anilines is 1. The van der Waals surface area contributed by atoms with Crippen LogP contribution in [-0.4, -0.2) is 23.9 Å². The van der Waals surface area contributed by atoms with Crippen molar-refractivity contribution < 1.29 is 9.18 Å². The topological polar surface area (TPSA) is 32.3 Å². The fraction of sp³-hybridized carbons (Fsp3) is 0.211. The fourth-order valence-electron chi connectivity index (χ4n) is 2.67. The van der Waals surface area contributed by atoms with Crippen molar-refractivity contribution in [2.24, 2.45) is 0 Å². The highest BCUT2D eigenvalue weighted by Gasteiger charge is 2.10. The Morgan fingerprint density at radius 3 is 2.78 bits per heavy atom. The Labute approximate surface area is 135 Å². The highest BCUT2D eigenvalue weighted by Crippen LogP contribution is 2.14. The number of hydrogen-bond acceptors (Lipinski definition) is 2. The van der Waals surface area contributed by atoms with E-state index in [9.17, 15) is 9.18 Å². The summed E-state index contributed by atoms with van der Waals surface area (Å²) >= 11 is 0. The molecular weight excluding hydrogens is 291 g/mol. The molecule has 0 unspecified atom stereocenters. The zero-order valence-corrected chi connectivity index (χ0v) is 12.8. The van der Waals surface area contributed by atoms with E-state index in [2.05, 4.69) is 22.4 Å². The maximum atomic E-state index is 13.2. The molecule has 0 saturated heterocycles. The number of rotatable bonds is 4. The molecular formula is C19H19FN2O. The van der Waals surface area contributed by atoms with Crippen molar-refractivity contribution in [3.05, 3.63) is 77.6 Å². The van der Waals surface area contributed by atoms with Crippen molar-refractivity contribution in [1.29, 1.82) is 0 Å². The van der Waals surface area contributed by atoms with Gasteiger partial charge in [-0.15, -0.1) is 0 Å². The number of carbonyl (C=O) groups excluding carboxylic acids is 1. The highest BCUT2D eigenvalue weighted by atomic mass is 19.1. The van der Waals surface area contributed by atoms with Gasteiger partial charge in [0.25, 0.3) is 5.91 Å². The molecule has 0 atom stereocenters. The molecule has 1 N–H and O–H groups in total. The first-order valence-corrected chi connectivity index (χ1v) is 7.74. The van der Waals surface area contributed by atoms with Crippen molar-refractivity contribution in [1.82, 2.24) is 4.90 Å². The van der Waals surface area contributed by atoms with E-state index >= 15 is 0 Å². The van der Waals surface area contributed by atoms with Crippen LogP contribution >= 0.6 is 0 Å². The molecule has 1 amide bonds. The minimum absolute atomic E-state index is 0.226. The van der Waals surface area contributed by atoms with E-state index in [0.29, 0.717) is 11.3 Å². The van der Waals surface area contributed by atoms with Gasteiger partial charge in [-0.1, -0.05) is 30.4 Å². The Balaban J connectivity index is 1.68. The molecule has 0 bridgehead atoms. The second-order valence-electron chi connectivity index (χ2n) is 5.66. The van der Waals surface area contributed by atoms with Crippen LogP contribution in [0.3, 0.4) is 0 Å². The van der Waals surface area contributed by atoms with Crippen LogP contribution in [0.5, 0.6) is 0 Å². The molecule has 0 fully saturated rings. The largest absolute Gasteiger partial charge is 0.322 e. The molecule has 0 spiro atoms. The van der Waals surface area contributed by atoms with E-state index in [1.54, 1.807) is 18.2 Å². The first kappa shape index (κ1) is 15.4. The van der Waals surface area contributed by atoms with Gasteiger partial charge >= 0.3 is 0 Å². The first-order valence-electron chi connectivity index (χ1n) is 7.74. The number of nitrogens with one attached hydrogen (secondary N) is 1. The van der Waals surface area contributed by atoms with Crippen LogP contribution in [0.1, 0.15) is 22.3 Å². The van der Waals surface area contributed by atoms with E-state index < -0.39 is 0 Å². The lowest BCUT2D eigenvalue weighted by Crippen LogP contribution is -2.26. The smallest absolute Gasteiger partial charge is 0.255 e. The summed E-state index contributed by atoms with van der Waals surface area (Å²) in [5, 5.41) is 2.73. The molecule has 118 valence electrons. The number of halogens is 1. The average Bonchev–Trinajstić information content (AvgIpc) is 2.56. The van der Waals surface area contributed by atoms with Gasteiger partial charge in [0, 0.05) is 30.9 Å². The SMILES string of the molecule is O=C(Nc1cccc(F)c1)c1cccc(CN2CC=CCC2)c1. The summed E-state index contributed by atoms with van der Waals surface area (Å²) in [7, 11) is 0. The van der Waals surface area contributed by atoms with Gasteiger partial charge in [0.2, 0.25) is 0 Å². The van der Waals surface area contributed by atoms with E-state index in [0.717, 1.165) is 31.6 Å². The third-order valence-electron chi connectivity index (χ3n) is 3.82. The lowest BCUT2D eigenvalue weighted by Gasteiger charge is -2.23.